The molecule has 0 aliphatic rings. The number of aryl methyl sites for hydroxylation is 1. The third-order valence-corrected chi connectivity index (χ3v) is 6.07. The van der Waals surface area contributed by atoms with E-state index in [4.69, 9.17) is 0 Å². The number of benzene rings is 2. The van der Waals surface area contributed by atoms with Crippen molar-refractivity contribution in [2.45, 2.75) is 31.8 Å². The van der Waals surface area contributed by atoms with Crippen LogP contribution in [0.2, 0.25) is 0 Å². The summed E-state index contributed by atoms with van der Waals surface area (Å²) >= 11 is 1.53. The van der Waals surface area contributed by atoms with Crippen LogP contribution in [-0.4, -0.2) is 39.5 Å². The number of carbonyl (C=O) groups excluding carboxylic acids is 1. The number of ketones is 1. The maximum Gasteiger partial charge on any atom is 0.405 e. The minimum atomic E-state index is -1.29. The number of amides is 1. The minimum Gasteiger partial charge on any atom is -0.465 e. The Morgan fingerprint density at radius 2 is 1.85 bits per heavy atom. The van der Waals surface area contributed by atoms with Crippen LogP contribution in [0.25, 0.3) is 0 Å². The molecule has 1 aromatic heterocycles. The van der Waals surface area contributed by atoms with Gasteiger partial charge in [0, 0.05) is 29.6 Å². The molecule has 3 aromatic rings. The number of hydrogen-bond acceptors (Lipinski definition) is 7. The second-order valence-electron chi connectivity index (χ2n) is 7.34. The number of thiazole rings is 1. The van der Waals surface area contributed by atoms with Gasteiger partial charge in [0.05, 0.1) is 21.7 Å². The number of aromatic nitrogens is 1. The molecule has 10 heteroatoms. The molecule has 0 fully saturated rings. The second kappa shape index (κ2) is 11.3. The second-order valence-corrected chi connectivity index (χ2v) is 8.28. The van der Waals surface area contributed by atoms with Crippen molar-refractivity contribution in [2.75, 3.05) is 6.54 Å². The molecule has 33 heavy (non-hydrogen) atoms. The van der Waals surface area contributed by atoms with Crippen LogP contribution in [0.1, 0.15) is 39.6 Å². The smallest absolute Gasteiger partial charge is 0.405 e. The van der Waals surface area contributed by atoms with E-state index in [1.165, 1.54) is 23.5 Å². The van der Waals surface area contributed by atoms with Gasteiger partial charge in [0.25, 0.3) is 5.69 Å². The lowest BCUT2D eigenvalue weighted by atomic mass is 10.0. The molecular formula is C23H24N4O5S. The standard InChI is InChI=1S/C23H24N4O5S/c1-2-21-25-20(14-33-21)18(12-15-8-10-17(11-9-15)27(31)32)24-13-19(26-23(29)30)22(28)16-6-4-3-5-7-16/h3-11,14,18-19,24,26H,2,12-13H2,1H3,(H,29,30)/t18-,19-/m0/s1. The Morgan fingerprint density at radius 3 is 2.42 bits per heavy atom. The Hall–Kier alpha value is -3.63. The number of carbonyl (C=O) groups is 2. The summed E-state index contributed by atoms with van der Waals surface area (Å²) in [5, 5.41) is 28.6. The maximum atomic E-state index is 12.9. The van der Waals surface area contributed by atoms with Crippen LogP contribution in [0.15, 0.2) is 60.0 Å². The van der Waals surface area contributed by atoms with E-state index in [9.17, 15) is 24.8 Å². The molecule has 0 saturated carbocycles. The lowest BCUT2D eigenvalue weighted by Gasteiger charge is -2.22. The molecule has 0 aliphatic heterocycles. The summed E-state index contributed by atoms with van der Waals surface area (Å²) in [5.41, 5.74) is 2.04. The lowest BCUT2D eigenvalue weighted by molar-refractivity contribution is -0.384. The van der Waals surface area contributed by atoms with E-state index in [-0.39, 0.29) is 24.1 Å². The predicted octanol–water partition coefficient (Wildman–Crippen LogP) is 4.01. The summed E-state index contributed by atoms with van der Waals surface area (Å²) in [7, 11) is 0. The summed E-state index contributed by atoms with van der Waals surface area (Å²) in [6.45, 7) is 2.06. The zero-order valence-electron chi connectivity index (χ0n) is 17.9. The van der Waals surface area contributed by atoms with E-state index >= 15 is 0 Å². The molecule has 2 atom stereocenters. The van der Waals surface area contributed by atoms with E-state index in [1.54, 1.807) is 42.5 Å². The summed E-state index contributed by atoms with van der Waals surface area (Å²) in [4.78, 5) is 39.3. The fourth-order valence-electron chi connectivity index (χ4n) is 3.34. The van der Waals surface area contributed by atoms with Gasteiger partial charge in [-0.05, 0) is 18.4 Å². The topological polar surface area (TPSA) is 134 Å². The van der Waals surface area contributed by atoms with Crippen molar-refractivity contribution in [1.82, 2.24) is 15.6 Å². The van der Waals surface area contributed by atoms with Crippen LogP contribution in [0.3, 0.4) is 0 Å². The van der Waals surface area contributed by atoms with Crippen molar-refractivity contribution in [3.63, 3.8) is 0 Å². The fourth-order valence-corrected chi connectivity index (χ4v) is 4.14. The van der Waals surface area contributed by atoms with Crippen LogP contribution in [-0.2, 0) is 12.8 Å². The molecule has 172 valence electrons. The molecule has 0 unspecified atom stereocenters. The number of hydrogen-bond donors (Lipinski definition) is 3. The predicted molar refractivity (Wildman–Crippen MR) is 125 cm³/mol. The van der Waals surface area contributed by atoms with E-state index in [0.29, 0.717) is 12.0 Å². The zero-order valence-corrected chi connectivity index (χ0v) is 18.7. The molecule has 1 amide bonds. The lowest BCUT2D eigenvalue weighted by Crippen LogP contribution is -2.47. The highest BCUT2D eigenvalue weighted by Crippen LogP contribution is 2.23. The summed E-state index contributed by atoms with van der Waals surface area (Å²) in [6, 6.07) is 13.4. The quantitative estimate of drug-likeness (QED) is 0.220. The van der Waals surface area contributed by atoms with E-state index in [2.05, 4.69) is 15.6 Å². The molecule has 0 bridgehead atoms. The first-order chi connectivity index (χ1) is 15.9. The molecular weight excluding hydrogens is 444 g/mol. The van der Waals surface area contributed by atoms with Crippen LogP contribution in [0.5, 0.6) is 0 Å². The number of nitro benzene ring substituents is 1. The van der Waals surface area contributed by atoms with Gasteiger partial charge in [-0.3, -0.25) is 14.9 Å². The minimum absolute atomic E-state index is 0.00404. The third kappa shape index (κ3) is 6.67. The normalized spacial score (nSPS) is 12.6. The van der Waals surface area contributed by atoms with Crippen LogP contribution < -0.4 is 10.6 Å². The molecule has 0 aliphatic carbocycles. The Labute approximate surface area is 194 Å². The van der Waals surface area contributed by atoms with Gasteiger partial charge in [-0.15, -0.1) is 11.3 Å². The zero-order chi connectivity index (χ0) is 23.8. The highest BCUT2D eigenvalue weighted by Gasteiger charge is 2.24. The molecule has 2 aromatic carbocycles. The summed E-state index contributed by atoms with van der Waals surface area (Å²) < 4.78 is 0. The van der Waals surface area contributed by atoms with E-state index < -0.39 is 17.1 Å². The Bertz CT molecular complexity index is 1100. The Morgan fingerprint density at radius 1 is 1.15 bits per heavy atom. The number of nitro groups is 1. The van der Waals surface area contributed by atoms with Gasteiger partial charge in [0.2, 0.25) is 0 Å². The molecule has 3 N–H and O–H groups in total. The maximum absolute atomic E-state index is 12.9. The molecule has 0 spiro atoms. The van der Waals surface area contributed by atoms with Gasteiger partial charge in [-0.2, -0.15) is 0 Å². The number of nitrogens with one attached hydrogen (secondary N) is 2. The monoisotopic (exact) mass is 468 g/mol. The molecule has 1 heterocycles. The van der Waals surface area contributed by atoms with Crippen LogP contribution in [0.4, 0.5) is 10.5 Å². The van der Waals surface area contributed by atoms with Crippen molar-refractivity contribution in [3.8, 4) is 0 Å². The van der Waals surface area contributed by atoms with Gasteiger partial charge < -0.3 is 15.7 Å². The van der Waals surface area contributed by atoms with Gasteiger partial charge in [-0.25, -0.2) is 9.78 Å². The molecule has 3 rings (SSSR count). The number of nitrogens with zero attached hydrogens (tertiary/aromatic N) is 2. The summed E-state index contributed by atoms with van der Waals surface area (Å²) in [5.74, 6) is -0.341. The van der Waals surface area contributed by atoms with E-state index in [1.807, 2.05) is 12.3 Å². The average Bonchev–Trinajstić information content (AvgIpc) is 3.30. The molecule has 0 radical (unpaired) electrons. The Balaban J connectivity index is 1.80. The van der Waals surface area contributed by atoms with Gasteiger partial charge in [0.1, 0.15) is 6.04 Å². The van der Waals surface area contributed by atoms with Crippen molar-refractivity contribution < 1.29 is 19.6 Å². The molecule has 0 saturated heterocycles. The van der Waals surface area contributed by atoms with E-state index in [0.717, 1.165) is 22.7 Å². The molecule has 9 nitrogen and oxygen atoms in total. The van der Waals surface area contributed by atoms with Gasteiger partial charge >= 0.3 is 6.09 Å². The SMILES string of the molecule is CCc1nc([C@H](Cc2ccc([N+](=O)[O-])cc2)NC[C@H](NC(=O)O)C(=O)c2ccccc2)cs1. The highest BCUT2D eigenvalue weighted by atomic mass is 32.1. The average molecular weight is 469 g/mol. The number of Topliss-reactive ketones (excluding diaryl/α,β-unsaturated/α-hetero) is 1. The number of carboxylic acid groups (broad SMARTS) is 1. The van der Waals surface area contributed by atoms with Crippen molar-refractivity contribution >= 4 is 28.9 Å². The largest absolute Gasteiger partial charge is 0.465 e. The van der Waals surface area contributed by atoms with Crippen molar-refractivity contribution in [2.24, 2.45) is 0 Å². The first-order valence-electron chi connectivity index (χ1n) is 10.4. The van der Waals surface area contributed by atoms with Crippen molar-refractivity contribution in [1.29, 1.82) is 0 Å². The fraction of sp³-hybridized carbons (Fsp3) is 0.261. The van der Waals surface area contributed by atoms with Gasteiger partial charge in [-0.1, -0.05) is 49.4 Å². The van der Waals surface area contributed by atoms with Crippen LogP contribution >= 0.6 is 11.3 Å². The number of non-ortho nitro benzene ring substituents is 1. The first kappa shape index (κ1) is 24.0. The number of rotatable bonds is 11. The summed E-state index contributed by atoms with van der Waals surface area (Å²) in [6.07, 6.45) is -0.0469. The first-order valence-corrected chi connectivity index (χ1v) is 11.2. The van der Waals surface area contributed by atoms with Gasteiger partial charge in [0.15, 0.2) is 5.78 Å². The highest BCUT2D eigenvalue weighted by molar-refractivity contribution is 7.09. The van der Waals surface area contributed by atoms with Crippen LogP contribution in [0, 0.1) is 10.1 Å². The Kier molecular flexibility index (Phi) is 8.22. The third-order valence-electron chi connectivity index (χ3n) is 5.06. The van der Waals surface area contributed by atoms with Crippen molar-refractivity contribution in [3.05, 3.63) is 91.9 Å².